The van der Waals surface area contributed by atoms with Gasteiger partial charge in [0.2, 0.25) is 0 Å². The summed E-state index contributed by atoms with van der Waals surface area (Å²) >= 11 is 1.90. The molecule has 1 N–H and O–H groups in total. The highest BCUT2D eigenvalue weighted by atomic mass is 32.2. The first-order valence-corrected chi connectivity index (χ1v) is 7.75. The largest absolute Gasteiger partial charge is 0.313 e. The minimum atomic E-state index is 0.964. The maximum atomic E-state index is 3.38. The van der Waals surface area contributed by atoms with Crippen LogP contribution in [-0.4, -0.2) is 6.54 Å². The Balaban J connectivity index is 1.96. The second kappa shape index (κ2) is 7.37. The molecule has 2 aromatic carbocycles. The summed E-state index contributed by atoms with van der Waals surface area (Å²) in [5, 5.41) is 3.38. The molecule has 0 bridgehead atoms. The minimum Gasteiger partial charge on any atom is -0.313 e. The summed E-state index contributed by atoms with van der Waals surface area (Å²) in [6.45, 7) is 6.31. The Kier molecular flexibility index (Phi) is 5.49. The van der Waals surface area contributed by atoms with Crippen molar-refractivity contribution < 1.29 is 0 Å². The van der Waals surface area contributed by atoms with Crippen molar-refractivity contribution in [3.63, 3.8) is 0 Å². The molecule has 100 valence electrons. The van der Waals surface area contributed by atoms with Crippen LogP contribution < -0.4 is 5.32 Å². The van der Waals surface area contributed by atoms with Gasteiger partial charge in [0.1, 0.15) is 0 Å². The van der Waals surface area contributed by atoms with E-state index in [1.54, 1.807) is 0 Å². The third-order valence-electron chi connectivity index (χ3n) is 3.13. The number of hydrogen-bond donors (Lipinski definition) is 1. The minimum absolute atomic E-state index is 0.964. The van der Waals surface area contributed by atoms with Gasteiger partial charge in [0.15, 0.2) is 0 Å². The molecule has 0 aromatic heterocycles. The van der Waals surface area contributed by atoms with E-state index >= 15 is 0 Å². The van der Waals surface area contributed by atoms with Crippen molar-refractivity contribution in [1.29, 1.82) is 0 Å². The second-order valence-electron chi connectivity index (χ2n) is 4.64. The van der Waals surface area contributed by atoms with Crippen molar-refractivity contribution in [3.8, 4) is 0 Å². The van der Waals surface area contributed by atoms with E-state index in [0.717, 1.165) is 18.8 Å². The average Bonchev–Trinajstić information content (AvgIpc) is 2.45. The summed E-state index contributed by atoms with van der Waals surface area (Å²) in [5.74, 6) is 1.03. The van der Waals surface area contributed by atoms with Gasteiger partial charge in [0.05, 0.1) is 0 Å². The van der Waals surface area contributed by atoms with Gasteiger partial charge in [-0.25, -0.2) is 0 Å². The summed E-state index contributed by atoms with van der Waals surface area (Å²) in [6, 6.07) is 17.4. The summed E-state index contributed by atoms with van der Waals surface area (Å²) in [4.78, 5) is 1.35. The molecule has 0 unspecified atom stereocenters. The maximum Gasteiger partial charge on any atom is 0.0231 e. The van der Waals surface area contributed by atoms with E-state index in [9.17, 15) is 0 Å². The Bertz CT molecular complexity index is 508. The lowest BCUT2D eigenvalue weighted by Gasteiger charge is -2.09. The molecule has 0 aliphatic heterocycles. The third kappa shape index (κ3) is 4.41. The first kappa shape index (κ1) is 14.2. The van der Waals surface area contributed by atoms with Gasteiger partial charge in [-0.3, -0.25) is 0 Å². The highest BCUT2D eigenvalue weighted by molar-refractivity contribution is 7.98. The van der Waals surface area contributed by atoms with E-state index in [1.807, 2.05) is 11.8 Å². The molecule has 0 spiro atoms. The molecule has 0 radical (unpaired) electrons. The van der Waals surface area contributed by atoms with E-state index in [4.69, 9.17) is 0 Å². The van der Waals surface area contributed by atoms with Gasteiger partial charge < -0.3 is 5.32 Å². The van der Waals surface area contributed by atoms with Crippen molar-refractivity contribution in [1.82, 2.24) is 5.32 Å². The van der Waals surface area contributed by atoms with Gasteiger partial charge in [-0.2, -0.15) is 0 Å². The van der Waals surface area contributed by atoms with E-state index < -0.39 is 0 Å². The third-order valence-corrected chi connectivity index (χ3v) is 4.19. The van der Waals surface area contributed by atoms with Gasteiger partial charge in [-0.1, -0.05) is 43.3 Å². The van der Waals surface area contributed by atoms with Gasteiger partial charge in [0, 0.05) is 17.2 Å². The SMILES string of the molecule is CCNCc1ccc(SCc2ccccc2)cc1C. The standard InChI is InChI=1S/C17H21NS/c1-3-18-12-16-9-10-17(11-14(16)2)19-13-15-7-5-4-6-8-15/h4-11,18H,3,12-13H2,1-2H3. The Morgan fingerprint density at radius 2 is 1.84 bits per heavy atom. The molecule has 0 aliphatic rings. The Hall–Kier alpha value is -1.25. The van der Waals surface area contributed by atoms with E-state index in [1.165, 1.54) is 21.6 Å². The Morgan fingerprint density at radius 1 is 1.05 bits per heavy atom. The highest BCUT2D eigenvalue weighted by Crippen LogP contribution is 2.24. The fourth-order valence-electron chi connectivity index (χ4n) is 1.96. The van der Waals surface area contributed by atoms with Crippen LogP contribution in [-0.2, 0) is 12.3 Å². The molecule has 0 amide bonds. The van der Waals surface area contributed by atoms with Gasteiger partial charge in [0.25, 0.3) is 0 Å². The fraction of sp³-hybridized carbons (Fsp3) is 0.294. The number of hydrogen-bond acceptors (Lipinski definition) is 2. The van der Waals surface area contributed by atoms with Crippen LogP contribution in [0.4, 0.5) is 0 Å². The number of rotatable bonds is 6. The molecule has 2 heteroatoms. The van der Waals surface area contributed by atoms with Crippen molar-refractivity contribution in [3.05, 3.63) is 65.2 Å². The summed E-state index contributed by atoms with van der Waals surface area (Å²) in [5.41, 5.74) is 4.15. The molecule has 0 heterocycles. The smallest absolute Gasteiger partial charge is 0.0231 e. The molecule has 0 atom stereocenters. The van der Waals surface area contributed by atoms with Crippen molar-refractivity contribution in [2.24, 2.45) is 0 Å². The van der Waals surface area contributed by atoms with Crippen LogP contribution >= 0.6 is 11.8 Å². The van der Waals surface area contributed by atoms with E-state index in [-0.39, 0.29) is 0 Å². The summed E-state index contributed by atoms with van der Waals surface area (Å²) in [6.07, 6.45) is 0. The molecule has 0 fully saturated rings. The molecule has 2 rings (SSSR count). The maximum absolute atomic E-state index is 3.38. The predicted molar refractivity (Wildman–Crippen MR) is 84.6 cm³/mol. The lowest BCUT2D eigenvalue weighted by molar-refractivity contribution is 0.723. The molecular weight excluding hydrogens is 250 g/mol. The quantitative estimate of drug-likeness (QED) is 0.782. The average molecular weight is 271 g/mol. The summed E-state index contributed by atoms with van der Waals surface area (Å²) in [7, 11) is 0. The topological polar surface area (TPSA) is 12.0 Å². The monoisotopic (exact) mass is 271 g/mol. The number of thioether (sulfide) groups is 1. The van der Waals surface area contributed by atoms with E-state index in [0.29, 0.717) is 0 Å². The van der Waals surface area contributed by atoms with Crippen LogP contribution in [0.25, 0.3) is 0 Å². The molecule has 1 nitrogen and oxygen atoms in total. The van der Waals surface area contributed by atoms with Crippen molar-refractivity contribution >= 4 is 11.8 Å². The van der Waals surface area contributed by atoms with E-state index in [2.05, 4.69) is 67.7 Å². The van der Waals surface area contributed by atoms with Gasteiger partial charge in [-0.05, 0) is 42.3 Å². The van der Waals surface area contributed by atoms with Crippen molar-refractivity contribution in [2.45, 2.75) is 31.0 Å². The highest BCUT2D eigenvalue weighted by Gasteiger charge is 2.01. The van der Waals surface area contributed by atoms with Gasteiger partial charge >= 0.3 is 0 Å². The zero-order valence-electron chi connectivity index (χ0n) is 11.6. The lowest BCUT2D eigenvalue weighted by atomic mass is 10.1. The Labute approximate surface area is 120 Å². The van der Waals surface area contributed by atoms with Crippen LogP contribution in [0.1, 0.15) is 23.6 Å². The van der Waals surface area contributed by atoms with Crippen LogP contribution in [0, 0.1) is 6.92 Å². The van der Waals surface area contributed by atoms with Crippen LogP contribution in [0.3, 0.4) is 0 Å². The zero-order valence-corrected chi connectivity index (χ0v) is 12.5. The molecule has 2 aromatic rings. The molecule has 0 saturated heterocycles. The zero-order chi connectivity index (χ0) is 13.5. The Morgan fingerprint density at radius 3 is 2.53 bits per heavy atom. The first-order valence-electron chi connectivity index (χ1n) is 6.76. The molecular formula is C17H21NS. The number of nitrogens with one attached hydrogen (secondary N) is 1. The predicted octanol–water partition coefficient (Wildman–Crippen LogP) is 4.40. The lowest BCUT2D eigenvalue weighted by Crippen LogP contribution is -2.12. The normalized spacial score (nSPS) is 10.6. The number of benzene rings is 2. The van der Waals surface area contributed by atoms with Crippen molar-refractivity contribution in [2.75, 3.05) is 6.54 Å². The van der Waals surface area contributed by atoms with Crippen LogP contribution in [0.15, 0.2) is 53.4 Å². The summed E-state index contributed by atoms with van der Waals surface area (Å²) < 4.78 is 0. The first-order chi connectivity index (χ1) is 9.29. The fourth-order valence-corrected chi connectivity index (χ4v) is 2.91. The number of aryl methyl sites for hydroxylation is 1. The van der Waals surface area contributed by atoms with Crippen LogP contribution in [0.5, 0.6) is 0 Å². The molecule has 0 saturated carbocycles. The molecule has 19 heavy (non-hydrogen) atoms. The second-order valence-corrected chi connectivity index (χ2v) is 5.69. The molecule has 0 aliphatic carbocycles. The van der Waals surface area contributed by atoms with Crippen LogP contribution in [0.2, 0.25) is 0 Å². The van der Waals surface area contributed by atoms with Gasteiger partial charge in [-0.15, -0.1) is 11.8 Å².